The molecule has 3 aromatic rings. The standard InChI is InChI=1S/C33H35ClF2N5O3P/c1-18-14-22(45(4,5)44)15-24(21-10-11-21)29(18)41-31-25(16-26(34)28(37-31)23-8-6-7-9-27(23)36)30(38-33(41)43)40-13-12-39(17-19(40)2)32(42)20(3)35/h6-9,14-16,19,21,33,43H,3,10-13,17H2,1-2,4-5H3/t19-,33?/m0/s1. The van der Waals surface area contributed by atoms with Gasteiger partial charge in [0.05, 0.1) is 22.0 Å². The molecule has 1 aliphatic carbocycles. The van der Waals surface area contributed by atoms with Crippen molar-refractivity contribution in [3.05, 3.63) is 82.4 Å². The number of aliphatic imine (C=N–C) groups is 1. The summed E-state index contributed by atoms with van der Waals surface area (Å²) < 4.78 is 41.9. The first kappa shape index (κ1) is 31.4. The number of nitrogens with zero attached hydrogens (tertiary/aromatic N) is 5. The smallest absolute Gasteiger partial charge is 0.282 e. The van der Waals surface area contributed by atoms with Crippen LogP contribution in [0, 0.1) is 12.7 Å². The number of amidine groups is 1. The van der Waals surface area contributed by atoms with E-state index >= 15 is 4.39 Å². The first-order valence-corrected chi connectivity index (χ1v) is 17.9. The number of aryl methyl sites for hydroxylation is 1. The van der Waals surface area contributed by atoms with Crippen LogP contribution in [-0.4, -0.2) is 77.0 Å². The van der Waals surface area contributed by atoms with Crippen molar-refractivity contribution in [3.8, 4) is 11.3 Å². The summed E-state index contributed by atoms with van der Waals surface area (Å²) in [5.74, 6) is -1.29. The zero-order valence-corrected chi connectivity index (χ0v) is 27.2. The van der Waals surface area contributed by atoms with Crippen LogP contribution in [-0.2, 0) is 9.36 Å². The normalized spacial score (nSPS) is 20.2. The minimum absolute atomic E-state index is 0.200. The molecule has 1 unspecified atom stereocenters. The van der Waals surface area contributed by atoms with Crippen LogP contribution in [0.3, 0.4) is 0 Å². The van der Waals surface area contributed by atoms with E-state index < -0.39 is 31.0 Å². The van der Waals surface area contributed by atoms with Gasteiger partial charge in [0, 0.05) is 36.5 Å². The summed E-state index contributed by atoms with van der Waals surface area (Å²) in [6, 6.07) is 11.5. The third-order valence-corrected chi connectivity index (χ3v) is 10.4. The van der Waals surface area contributed by atoms with E-state index in [0.717, 1.165) is 29.3 Å². The molecule has 1 saturated carbocycles. The van der Waals surface area contributed by atoms with E-state index in [1.54, 1.807) is 42.5 Å². The second-order valence-corrected chi connectivity index (χ2v) is 16.0. The average Bonchev–Trinajstić information content (AvgIpc) is 3.82. The Kier molecular flexibility index (Phi) is 8.13. The Morgan fingerprint density at radius 2 is 1.84 bits per heavy atom. The first-order valence-electron chi connectivity index (χ1n) is 14.9. The van der Waals surface area contributed by atoms with E-state index in [9.17, 15) is 18.9 Å². The lowest BCUT2D eigenvalue weighted by Gasteiger charge is -2.44. The van der Waals surface area contributed by atoms with Crippen LogP contribution in [0.15, 0.2) is 59.9 Å². The number of benzene rings is 2. The second-order valence-electron chi connectivity index (χ2n) is 12.4. The lowest BCUT2D eigenvalue weighted by Crippen LogP contribution is -2.57. The molecule has 12 heteroatoms. The predicted molar refractivity (Wildman–Crippen MR) is 175 cm³/mol. The first-order chi connectivity index (χ1) is 21.3. The fourth-order valence-electron chi connectivity index (χ4n) is 6.23. The molecule has 2 aromatic carbocycles. The molecule has 3 heterocycles. The molecule has 1 saturated heterocycles. The summed E-state index contributed by atoms with van der Waals surface area (Å²) in [7, 11) is -2.59. The number of hydrogen-bond donors (Lipinski definition) is 1. The lowest BCUT2D eigenvalue weighted by atomic mass is 10.0. The van der Waals surface area contributed by atoms with E-state index in [1.165, 1.54) is 11.0 Å². The molecular formula is C33H35ClF2N5O3P. The highest BCUT2D eigenvalue weighted by Gasteiger charge is 2.40. The Hall–Kier alpha value is -3.59. The van der Waals surface area contributed by atoms with Crippen LogP contribution >= 0.6 is 18.7 Å². The summed E-state index contributed by atoms with van der Waals surface area (Å²) in [6.07, 6.45) is 0.502. The number of hydrogen-bond acceptors (Lipinski definition) is 7. The van der Waals surface area contributed by atoms with Crippen molar-refractivity contribution in [2.45, 2.75) is 45.0 Å². The summed E-state index contributed by atoms with van der Waals surface area (Å²) in [4.78, 5) is 27.0. The number of amides is 1. The number of rotatable bonds is 5. The molecule has 0 spiro atoms. The van der Waals surface area contributed by atoms with Gasteiger partial charge in [-0.3, -0.25) is 9.69 Å². The van der Waals surface area contributed by atoms with Gasteiger partial charge >= 0.3 is 0 Å². The van der Waals surface area contributed by atoms with Crippen LogP contribution in [0.5, 0.6) is 0 Å². The zero-order valence-electron chi connectivity index (χ0n) is 25.6. The Morgan fingerprint density at radius 3 is 2.47 bits per heavy atom. The van der Waals surface area contributed by atoms with Crippen molar-refractivity contribution in [3.63, 3.8) is 0 Å². The molecule has 2 atom stereocenters. The summed E-state index contributed by atoms with van der Waals surface area (Å²) in [5, 5.41) is 12.8. The Labute approximate surface area is 266 Å². The van der Waals surface area contributed by atoms with E-state index in [1.807, 2.05) is 30.9 Å². The van der Waals surface area contributed by atoms with Crippen molar-refractivity contribution in [1.29, 1.82) is 0 Å². The number of anilines is 2. The number of aliphatic hydroxyl groups is 1. The number of halogens is 3. The highest BCUT2D eigenvalue weighted by atomic mass is 35.5. The molecular weight excluding hydrogens is 619 g/mol. The predicted octanol–water partition coefficient (Wildman–Crippen LogP) is 6.17. The van der Waals surface area contributed by atoms with Gasteiger partial charge in [-0.15, -0.1) is 0 Å². The fraction of sp³-hybridized carbons (Fsp3) is 0.364. The van der Waals surface area contributed by atoms with Gasteiger partial charge in [-0.2, -0.15) is 0 Å². The number of aromatic nitrogens is 1. The van der Waals surface area contributed by atoms with E-state index in [4.69, 9.17) is 21.6 Å². The molecule has 8 nitrogen and oxygen atoms in total. The van der Waals surface area contributed by atoms with Gasteiger partial charge in [0.2, 0.25) is 6.35 Å². The molecule has 45 heavy (non-hydrogen) atoms. The minimum atomic E-state index is -2.59. The highest BCUT2D eigenvalue weighted by molar-refractivity contribution is 7.70. The minimum Gasteiger partial charge on any atom is -0.355 e. The number of pyridine rings is 1. The van der Waals surface area contributed by atoms with Gasteiger partial charge < -0.3 is 19.5 Å². The molecule has 6 rings (SSSR count). The fourth-order valence-corrected chi connectivity index (χ4v) is 7.43. The lowest BCUT2D eigenvalue weighted by molar-refractivity contribution is -0.130. The van der Waals surface area contributed by atoms with Gasteiger partial charge in [0.1, 0.15) is 24.6 Å². The number of fused-ring (bicyclic) bond motifs is 1. The Balaban J connectivity index is 1.53. The molecule has 2 fully saturated rings. The largest absolute Gasteiger partial charge is 0.355 e. The van der Waals surface area contributed by atoms with Gasteiger partial charge in [0.25, 0.3) is 5.91 Å². The molecule has 236 valence electrons. The van der Waals surface area contributed by atoms with Crippen LogP contribution < -0.4 is 10.2 Å². The summed E-state index contributed by atoms with van der Waals surface area (Å²) in [5.41, 5.74) is 3.42. The van der Waals surface area contributed by atoms with E-state index in [0.29, 0.717) is 29.4 Å². The van der Waals surface area contributed by atoms with Crippen molar-refractivity contribution < 1.29 is 23.2 Å². The number of aliphatic hydroxyl groups excluding tert-OH is 1. The SMILES string of the molecule is C=C(F)C(=O)N1CCN(C2=NC(O)N(c3c(C)cc(P(C)(C)=O)cc3C3CC3)c3nc(-c4ccccc4F)c(Cl)cc32)[C@@H](C)C1. The maximum atomic E-state index is 15.1. The van der Waals surface area contributed by atoms with E-state index in [2.05, 4.69) is 6.58 Å². The van der Waals surface area contributed by atoms with Gasteiger partial charge in [0.15, 0.2) is 5.83 Å². The van der Waals surface area contributed by atoms with Crippen LogP contribution in [0.2, 0.25) is 5.02 Å². The monoisotopic (exact) mass is 653 g/mol. The van der Waals surface area contributed by atoms with Gasteiger partial charge in [-0.25, -0.2) is 18.8 Å². The third-order valence-electron chi connectivity index (χ3n) is 8.64. The average molecular weight is 654 g/mol. The van der Waals surface area contributed by atoms with Crippen LogP contribution in [0.4, 0.5) is 20.3 Å². The van der Waals surface area contributed by atoms with E-state index in [-0.39, 0.29) is 41.3 Å². The maximum absolute atomic E-state index is 15.1. The number of piperazine rings is 1. The van der Waals surface area contributed by atoms with Gasteiger partial charge in [-0.05, 0) is 87.4 Å². The van der Waals surface area contributed by atoms with Crippen molar-refractivity contribution in [1.82, 2.24) is 14.8 Å². The Bertz CT molecular complexity index is 1810. The van der Waals surface area contributed by atoms with Crippen LogP contribution in [0.25, 0.3) is 11.3 Å². The molecule has 2 aliphatic heterocycles. The molecule has 1 amide bonds. The Morgan fingerprint density at radius 1 is 1.13 bits per heavy atom. The maximum Gasteiger partial charge on any atom is 0.282 e. The third kappa shape index (κ3) is 5.80. The van der Waals surface area contributed by atoms with Crippen LogP contribution in [0.1, 0.15) is 42.4 Å². The van der Waals surface area contributed by atoms with Gasteiger partial charge in [-0.1, -0.05) is 30.3 Å². The molecule has 0 bridgehead atoms. The molecule has 3 aliphatic rings. The summed E-state index contributed by atoms with van der Waals surface area (Å²) >= 11 is 6.81. The molecule has 1 aromatic heterocycles. The molecule has 0 radical (unpaired) electrons. The highest BCUT2D eigenvalue weighted by Crippen LogP contribution is 2.50. The van der Waals surface area contributed by atoms with Crippen molar-refractivity contribution in [2.24, 2.45) is 4.99 Å². The van der Waals surface area contributed by atoms with Crippen molar-refractivity contribution >= 4 is 47.3 Å². The topological polar surface area (TPSA) is 89.3 Å². The second kappa shape index (κ2) is 11.6. The van der Waals surface area contributed by atoms with Crippen molar-refractivity contribution in [2.75, 3.05) is 37.9 Å². The summed E-state index contributed by atoms with van der Waals surface area (Å²) in [6.45, 7) is 11.1. The molecule has 1 N–H and O–H groups in total. The quantitative estimate of drug-likeness (QED) is 0.262. The number of carbonyl (C=O) groups is 1. The zero-order chi connectivity index (χ0) is 32.4. The number of carbonyl (C=O) groups excluding carboxylic acids is 1.